The summed E-state index contributed by atoms with van der Waals surface area (Å²) in [6, 6.07) is 18.5. The number of aryl methyl sites for hydroxylation is 1. The summed E-state index contributed by atoms with van der Waals surface area (Å²) in [7, 11) is 1.67. The van der Waals surface area contributed by atoms with Gasteiger partial charge >= 0.3 is 0 Å². The first-order chi connectivity index (χ1) is 8.79. The van der Waals surface area contributed by atoms with Crippen LogP contribution in [0.3, 0.4) is 0 Å². The van der Waals surface area contributed by atoms with Crippen LogP contribution in [0.1, 0.15) is 23.6 Å². The summed E-state index contributed by atoms with van der Waals surface area (Å²) < 4.78 is 5.14. The van der Waals surface area contributed by atoms with E-state index < -0.39 is 0 Å². The fraction of sp³-hybridized carbons (Fsp3) is 0.250. The van der Waals surface area contributed by atoms with E-state index in [0.29, 0.717) is 0 Å². The van der Waals surface area contributed by atoms with Crippen molar-refractivity contribution >= 4 is 0 Å². The molecule has 2 aromatic rings. The standard InChI is InChI=1S/C16H19NO/c1-18-15-10-8-14(9-11-15)16(17)12-7-13-5-3-2-4-6-13/h2-6,8-11,16H,7,12,17H2,1H3/t16-/m0/s1. The van der Waals surface area contributed by atoms with Crippen molar-refractivity contribution in [3.63, 3.8) is 0 Å². The van der Waals surface area contributed by atoms with Crippen molar-refractivity contribution in [3.05, 3.63) is 65.7 Å². The van der Waals surface area contributed by atoms with E-state index in [-0.39, 0.29) is 6.04 Å². The lowest BCUT2D eigenvalue weighted by Gasteiger charge is -2.12. The van der Waals surface area contributed by atoms with Crippen LogP contribution in [-0.4, -0.2) is 7.11 Å². The highest BCUT2D eigenvalue weighted by molar-refractivity contribution is 5.29. The second-order valence-electron chi connectivity index (χ2n) is 4.40. The Morgan fingerprint density at radius 2 is 1.67 bits per heavy atom. The summed E-state index contributed by atoms with van der Waals surface area (Å²) in [6.45, 7) is 0. The molecule has 0 heterocycles. The number of hydrogen-bond acceptors (Lipinski definition) is 2. The molecule has 2 rings (SSSR count). The van der Waals surface area contributed by atoms with Crippen molar-refractivity contribution in [1.29, 1.82) is 0 Å². The zero-order valence-corrected chi connectivity index (χ0v) is 10.7. The van der Waals surface area contributed by atoms with Gasteiger partial charge in [0.05, 0.1) is 7.11 Å². The molecule has 0 amide bonds. The third-order valence-electron chi connectivity index (χ3n) is 3.13. The Hall–Kier alpha value is -1.80. The average molecular weight is 241 g/mol. The van der Waals surface area contributed by atoms with Crippen molar-refractivity contribution in [2.45, 2.75) is 18.9 Å². The highest BCUT2D eigenvalue weighted by atomic mass is 16.5. The van der Waals surface area contributed by atoms with Crippen LogP contribution in [-0.2, 0) is 6.42 Å². The fourth-order valence-corrected chi connectivity index (χ4v) is 1.98. The van der Waals surface area contributed by atoms with E-state index in [0.717, 1.165) is 24.2 Å². The summed E-state index contributed by atoms with van der Waals surface area (Å²) in [4.78, 5) is 0. The molecule has 2 aromatic carbocycles. The van der Waals surface area contributed by atoms with Crippen molar-refractivity contribution < 1.29 is 4.74 Å². The summed E-state index contributed by atoms with van der Waals surface area (Å²) in [5.41, 5.74) is 8.69. The van der Waals surface area contributed by atoms with Gasteiger partial charge in [0.25, 0.3) is 0 Å². The van der Waals surface area contributed by atoms with Crippen LogP contribution in [0.15, 0.2) is 54.6 Å². The van der Waals surface area contributed by atoms with Crippen molar-refractivity contribution in [2.75, 3.05) is 7.11 Å². The first-order valence-corrected chi connectivity index (χ1v) is 6.23. The lowest BCUT2D eigenvalue weighted by atomic mass is 10.00. The Labute approximate surface area is 108 Å². The van der Waals surface area contributed by atoms with Crippen molar-refractivity contribution in [2.24, 2.45) is 5.73 Å². The molecule has 2 heteroatoms. The molecule has 0 aliphatic heterocycles. The quantitative estimate of drug-likeness (QED) is 0.871. The Kier molecular flexibility index (Phi) is 4.37. The van der Waals surface area contributed by atoms with Gasteiger partial charge in [-0.25, -0.2) is 0 Å². The van der Waals surface area contributed by atoms with Gasteiger partial charge in [0.1, 0.15) is 5.75 Å². The fourth-order valence-electron chi connectivity index (χ4n) is 1.98. The minimum atomic E-state index is 0.0797. The van der Waals surface area contributed by atoms with E-state index in [1.807, 2.05) is 30.3 Å². The van der Waals surface area contributed by atoms with Gasteiger partial charge in [0.2, 0.25) is 0 Å². The monoisotopic (exact) mass is 241 g/mol. The van der Waals surface area contributed by atoms with Crippen LogP contribution in [0.25, 0.3) is 0 Å². The summed E-state index contributed by atoms with van der Waals surface area (Å²) in [6.07, 6.45) is 1.96. The Balaban J connectivity index is 1.93. The van der Waals surface area contributed by atoms with Gasteiger partial charge in [0, 0.05) is 6.04 Å². The number of ether oxygens (including phenoxy) is 1. The molecular formula is C16H19NO. The molecule has 2 N–H and O–H groups in total. The number of benzene rings is 2. The van der Waals surface area contributed by atoms with E-state index in [1.165, 1.54) is 5.56 Å². The van der Waals surface area contributed by atoms with E-state index in [9.17, 15) is 0 Å². The number of methoxy groups -OCH3 is 1. The van der Waals surface area contributed by atoms with Crippen LogP contribution in [0, 0.1) is 0 Å². The van der Waals surface area contributed by atoms with E-state index in [2.05, 4.69) is 24.3 Å². The summed E-state index contributed by atoms with van der Waals surface area (Å²) >= 11 is 0. The largest absolute Gasteiger partial charge is 0.497 e. The van der Waals surface area contributed by atoms with E-state index >= 15 is 0 Å². The molecule has 2 nitrogen and oxygen atoms in total. The minimum Gasteiger partial charge on any atom is -0.497 e. The first-order valence-electron chi connectivity index (χ1n) is 6.23. The van der Waals surface area contributed by atoms with Crippen LogP contribution < -0.4 is 10.5 Å². The van der Waals surface area contributed by atoms with E-state index in [4.69, 9.17) is 10.5 Å². The molecule has 0 spiro atoms. The molecule has 0 aliphatic rings. The first kappa shape index (κ1) is 12.7. The van der Waals surface area contributed by atoms with Gasteiger partial charge in [-0.3, -0.25) is 0 Å². The molecular weight excluding hydrogens is 222 g/mol. The Morgan fingerprint density at radius 3 is 2.28 bits per heavy atom. The molecule has 1 atom stereocenters. The number of rotatable bonds is 5. The topological polar surface area (TPSA) is 35.2 Å². The molecule has 0 fully saturated rings. The van der Waals surface area contributed by atoms with E-state index in [1.54, 1.807) is 7.11 Å². The van der Waals surface area contributed by atoms with Gasteiger partial charge in [-0.2, -0.15) is 0 Å². The van der Waals surface area contributed by atoms with Gasteiger partial charge in [-0.15, -0.1) is 0 Å². The van der Waals surface area contributed by atoms with Gasteiger partial charge in [-0.05, 0) is 36.1 Å². The molecule has 0 saturated heterocycles. The maximum atomic E-state index is 6.19. The molecule has 0 radical (unpaired) electrons. The second-order valence-corrected chi connectivity index (χ2v) is 4.40. The molecule has 0 unspecified atom stereocenters. The van der Waals surface area contributed by atoms with Gasteiger partial charge < -0.3 is 10.5 Å². The van der Waals surface area contributed by atoms with Crippen LogP contribution in [0.2, 0.25) is 0 Å². The zero-order valence-electron chi connectivity index (χ0n) is 10.7. The minimum absolute atomic E-state index is 0.0797. The molecule has 0 aliphatic carbocycles. The highest BCUT2D eigenvalue weighted by Crippen LogP contribution is 2.19. The van der Waals surface area contributed by atoms with Crippen molar-refractivity contribution in [3.8, 4) is 5.75 Å². The van der Waals surface area contributed by atoms with Gasteiger partial charge in [-0.1, -0.05) is 42.5 Å². The SMILES string of the molecule is COc1ccc([C@@H](N)CCc2ccccc2)cc1. The van der Waals surface area contributed by atoms with Gasteiger partial charge in [0.15, 0.2) is 0 Å². The molecule has 0 bridgehead atoms. The van der Waals surface area contributed by atoms with Crippen LogP contribution in [0.5, 0.6) is 5.75 Å². The maximum absolute atomic E-state index is 6.19. The Morgan fingerprint density at radius 1 is 1.00 bits per heavy atom. The average Bonchev–Trinajstić information content (AvgIpc) is 2.46. The zero-order chi connectivity index (χ0) is 12.8. The maximum Gasteiger partial charge on any atom is 0.118 e. The number of hydrogen-bond donors (Lipinski definition) is 1. The van der Waals surface area contributed by atoms with Crippen molar-refractivity contribution in [1.82, 2.24) is 0 Å². The predicted octanol–water partition coefficient (Wildman–Crippen LogP) is 3.33. The predicted molar refractivity (Wildman–Crippen MR) is 74.7 cm³/mol. The Bertz CT molecular complexity index is 464. The highest BCUT2D eigenvalue weighted by Gasteiger charge is 2.06. The molecule has 0 saturated carbocycles. The lowest BCUT2D eigenvalue weighted by molar-refractivity contribution is 0.414. The smallest absolute Gasteiger partial charge is 0.118 e. The van der Waals surface area contributed by atoms with Crippen LogP contribution >= 0.6 is 0 Å². The normalized spacial score (nSPS) is 12.1. The molecule has 94 valence electrons. The molecule has 18 heavy (non-hydrogen) atoms. The van der Waals surface area contributed by atoms with Crippen LogP contribution in [0.4, 0.5) is 0 Å². The summed E-state index contributed by atoms with van der Waals surface area (Å²) in [5.74, 6) is 0.869. The lowest BCUT2D eigenvalue weighted by Crippen LogP contribution is -2.11. The summed E-state index contributed by atoms with van der Waals surface area (Å²) in [5, 5.41) is 0. The second kappa shape index (κ2) is 6.22. The third-order valence-corrected chi connectivity index (χ3v) is 3.13. The molecule has 0 aromatic heterocycles. The number of nitrogens with two attached hydrogens (primary N) is 1. The third kappa shape index (κ3) is 3.34.